The first-order valence-corrected chi connectivity index (χ1v) is 9.26. The summed E-state index contributed by atoms with van der Waals surface area (Å²) in [5, 5.41) is 3.72. The molecule has 1 N–H and O–H groups in total. The van der Waals surface area contributed by atoms with Gasteiger partial charge in [-0.05, 0) is 53.4 Å². The second-order valence-electron chi connectivity index (χ2n) is 5.96. The van der Waals surface area contributed by atoms with Gasteiger partial charge in [0, 0.05) is 12.6 Å². The molecule has 0 heterocycles. The molecule has 23 heavy (non-hydrogen) atoms. The highest BCUT2D eigenvalue weighted by molar-refractivity contribution is 9.10. The highest BCUT2D eigenvalue weighted by Crippen LogP contribution is 2.36. The van der Waals surface area contributed by atoms with E-state index in [1.165, 1.54) is 50.5 Å². The van der Waals surface area contributed by atoms with Crippen LogP contribution >= 0.6 is 28.3 Å². The number of rotatable bonds is 6. The molecular weight excluding hydrogens is 378 g/mol. The Labute approximate surface area is 155 Å². The lowest BCUT2D eigenvalue weighted by molar-refractivity contribution is 0.309. The number of methoxy groups -OCH3 is 1. The van der Waals surface area contributed by atoms with Crippen LogP contribution < -0.4 is 14.8 Å². The molecule has 0 bridgehead atoms. The van der Waals surface area contributed by atoms with Crippen LogP contribution in [-0.4, -0.2) is 19.8 Å². The summed E-state index contributed by atoms with van der Waals surface area (Å²) < 4.78 is 12.1. The minimum Gasteiger partial charge on any atom is -0.492 e. The minimum absolute atomic E-state index is 0. The van der Waals surface area contributed by atoms with Gasteiger partial charge in [0.25, 0.3) is 0 Å². The summed E-state index contributed by atoms with van der Waals surface area (Å²) in [5.74, 6) is 1.59. The second kappa shape index (κ2) is 11.2. The molecule has 1 aliphatic carbocycles. The van der Waals surface area contributed by atoms with Crippen molar-refractivity contribution in [3.63, 3.8) is 0 Å². The molecule has 0 aliphatic heterocycles. The molecule has 1 aromatic carbocycles. The lowest BCUT2D eigenvalue weighted by Crippen LogP contribution is -2.29. The van der Waals surface area contributed by atoms with Gasteiger partial charge >= 0.3 is 0 Å². The third-order valence-corrected chi connectivity index (χ3v) is 4.86. The molecule has 1 aliphatic rings. The van der Waals surface area contributed by atoms with Gasteiger partial charge in [-0.1, -0.05) is 32.1 Å². The number of ether oxygens (including phenoxy) is 2. The van der Waals surface area contributed by atoms with E-state index in [-0.39, 0.29) is 12.4 Å². The van der Waals surface area contributed by atoms with Gasteiger partial charge < -0.3 is 14.8 Å². The van der Waals surface area contributed by atoms with Crippen LogP contribution in [0.1, 0.15) is 57.4 Å². The molecule has 0 spiro atoms. The predicted molar refractivity (Wildman–Crippen MR) is 102 cm³/mol. The number of nitrogens with one attached hydrogen (secondary N) is 1. The first-order chi connectivity index (χ1) is 10.7. The first kappa shape index (κ1) is 20.6. The van der Waals surface area contributed by atoms with E-state index >= 15 is 0 Å². The third-order valence-electron chi connectivity index (χ3n) is 4.27. The molecule has 0 atom stereocenters. The lowest BCUT2D eigenvalue weighted by Gasteiger charge is -2.21. The van der Waals surface area contributed by atoms with E-state index in [0.29, 0.717) is 12.6 Å². The number of hydrogen-bond donors (Lipinski definition) is 1. The monoisotopic (exact) mass is 405 g/mol. The molecule has 0 radical (unpaired) electrons. The van der Waals surface area contributed by atoms with E-state index < -0.39 is 0 Å². The van der Waals surface area contributed by atoms with Gasteiger partial charge in [0.2, 0.25) is 0 Å². The summed E-state index contributed by atoms with van der Waals surface area (Å²) in [6.07, 6.45) is 9.50. The van der Waals surface area contributed by atoms with Crippen molar-refractivity contribution in [1.82, 2.24) is 5.32 Å². The van der Waals surface area contributed by atoms with E-state index in [0.717, 1.165) is 22.5 Å². The summed E-state index contributed by atoms with van der Waals surface area (Å²) in [4.78, 5) is 0. The van der Waals surface area contributed by atoms with Crippen molar-refractivity contribution in [1.29, 1.82) is 0 Å². The van der Waals surface area contributed by atoms with Crippen LogP contribution in [0.3, 0.4) is 0 Å². The number of hydrogen-bond acceptors (Lipinski definition) is 3. The maximum atomic E-state index is 5.69. The molecule has 1 fully saturated rings. The van der Waals surface area contributed by atoms with Gasteiger partial charge in [-0.2, -0.15) is 0 Å². The van der Waals surface area contributed by atoms with Crippen molar-refractivity contribution >= 4 is 28.3 Å². The molecule has 1 aromatic rings. The highest BCUT2D eigenvalue weighted by Gasteiger charge is 2.14. The molecule has 132 valence electrons. The summed E-state index contributed by atoms with van der Waals surface area (Å²) >= 11 is 3.58. The zero-order valence-electron chi connectivity index (χ0n) is 14.2. The maximum absolute atomic E-state index is 5.69. The Morgan fingerprint density at radius 1 is 1.13 bits per heavy atom. The molecule has 1 saturated carbocycles. The Balaban J connectivity index is 0.00000264. The van der Waals surface area contributed by atoms with Crippen LogP contribution in [0.25, 0.3) is 0 Å². The zero-order valence-corrected chi connectivity index (χ0v) is 16.6. The van der Waals surface area contributed by atoms with Gasteiger partial charge in [-0.25, -0.2) is 0 Å². The van der Waals surface area contributed by atoms with Crippen molar-refractivity contribution in [2.45, 2.75) is 64.5 Å². The Morgan fingerprint density at radius 2 is 1.78 bits per heavy atom. The van der Waals surface area contributed by atoms with Crippen LogP contribution in [0.15, 0.2) is 16.6 Å². The Bertz CT molecular complexity index is 463. The molecule has 0 aromatic heterocycles. The van der Waals surface area contributed by atoms with Crippen molar-refractivity contribution in [2.24, 2.45) is 0 Å². The van der Waals surface area contributed by atoms with Crippen LogP contribution in [-0.2, 0) is 6.54 Å². The van der Waals surface area contributed by atoms with Crippen molar-refractivity contribution < 1.29 is 9.47 Å². The maximum Gasteiger partial charge on any atom is 0.174 e. The van der Waals surface area contributed by atoms with Crippen LogP contribution in [0.5, 0.6) is 11.5 Å². The quantitative estimate of drug-likeness (QED) is 0.678. The standard InChI is InChI=1S/C18H28BrNO2.ClH/c1-3-22-17-12-14(11-16(19)18(17)21-2)13-20-15-9-7-5-4-6-8-10-15;/h11-12,15,20H,3-10,13H2,1-2H3;1H. The van der Waals surface area contributed by atoms with Crippen LogP contribution in [0, 0.1) is 0 Å². The zero-order chi connectivity index (χ0) is 15.8. The Morgan fingerprint density at radius 3 is 2.39 bits per heavy atom. The summed E-state index contributed by atoms with van der Waals surface area (Å²) in [6, 6.07) is 4.86. The molecule has 0 amide bonds. The third kappa shape index (κ3) is 6.52. The van der Waals surface area contributed by atoms with Gasteiger partial charge in [-0.3, -0.25) is 0 Å². The summed E-state index contributed by atoms with van der Waals surface area (Å²) in [7, 11) is 1.68. The Hall–Kier alpha value is -0.450. The average molecular weight is 407 g/mol. The van der Waals surface area contributed by atoms with Gasteiger partial charge in [-0.15, -0.1) is 12.4 Å². The van der Waals surface area contributed by atoms with E-state index in [1.807, 2.05) is 6.92 Å². The lowest BCUT2D eigenvalue weighted by atomic mass is 9.96. The first-order valence-electron chi connectivity index (χ1n) is 8.47. The number of halogens is 2. The fourth-order valence-electron chi connectivity index (χ4n) is 3.11. The molecule has 2 rings (SSSR count). The van der Waals surface area contributed by atoms with Crippen LogP contribution in [0.2, 0.25) is 0 Å². The fraction of sp³-hybridized carbons (Fsp3) is 0.667. The van der Waals surface area contributed by atoms with Crippen molar-refractivity contribution in [2.75, 3.05) is 13.7 Å². The smallest absolute Gasteiger partial charge is 0.174 e. The van der Waals surface area contributed by atoms with Gasteiger partial charge in [0.1, 0.15) is 0 Å². The molecule has 0 unspecified atom stereocenters. The second-order valence-corrected chi connectivity index (χ2v) is 6.82. The summed E-state index contributed by atoms with van der Waals surface area (Å²) in [6.45, 7) is 3.52. The Kier molecular flexibility index (Phi) is 10.00. The molecular formula is C18H29BrClNO2. The number of benzene rings is 1. The topological polar surface area (TPSA) is 30.5 Å². The average Bonchev–Trinajstić information content (AvgIpc) is 2.46. The predicted octanol–water partition coefficient (Wildman–Crippen LogP) is 5.48. The van der Waals surface area contributed by atoms with E-state index in [9.17, 15) is 0 Å². The van der Waals surface area contributed by atoms with Crippen LogP contribution in [0.4, 0.5) is 0 Å². The highest BCUT2D eigenvalue weighted by atomic mass is 79.9. The van der Waals surface area contributed by atoms with E-state index in [1.54, 1.807) is 7.11 Å². The van der Waals surface area contributed by atoms with Gasteiger partial charge in [0.05, 0.1) is 18.2 Å². The SMILES string of the molecule is CCOc1cc(CNC2CCCCCCC2)cc(Br)c1OC.Cl. The molecule has 3 nitrogen and oxygen atoms in total. The summed E-state index contributed by atoms with van der Waals surface area (Å²) in [5.41, 5.74) is 1.23. The van der Waals surface area contributed by atoms with Gasteiger partial charge in [0.15, 0.2) is 11.5 Å². The minimum atomic E-state index is 0. The van der Waals surface area contributed by atoms with E-state index in [2.05, 4.69) is 33.4 Å². The van der Waals surface area contributed by atoms with Crippen molar-refractivity contribution in [3.8, 4) is 11.5 Å². The molecule has 5 heteroatoms. The normalized spacial score (nSPS) is 16.1. The van der Waals surface area contributed by atoms with E-state index in [4.69, 9.17) is 9.47 Å². The molecule has 0 saturated heterocycles. The fourth-order valence-corrected chi connectivity index (χ4v) is 3.76. The largest absolute Gasteiger partial charge is 0.492 e. The van der Waals surface area contributed by atoms with Crippen molar-refractivity contribution in [3.05, 3.63) is 22.2 Å².